The molecule has 0 bridgehead atoms. The summed E-state index contributed by atoms with van der Waals surface area (Å²) < 4.78 is 0.849. The summed E-state index contributed by atoms with van der Waals surface area (Å²) in [6.07, 6.45) is 0. The van der Waals surface area contributed by atoms with Gasteiger partial charge in [0.15, 0.2) is 0 Å². The van der Waals surface area contributed by atoms with Crippen molar-refractivity contribution >= 4 is 27.5 Å². The number of halogens is 1. The second-order valence-electron chi connectivity index (χ2n) is 4.99. The Bertz CT molecular complexity index is 435. The van der Waals surface area contributed by atoms with Crippen molar-refractivity contribution in [2.75, 3.05) is 25.0 Å². The molecule has 106 valence electrons. The minimum Gasteiger partial charge on any atom is -0.392 e. The van der Waals surface area contributed by atoms with Gasteiger partial charge >= 0.3 is 0 Å². The summed E-state index contributed by atoms with van der Waals surface area (Å²) in [7, 11) is 1.87. The number of hydrogen-bond donors (Lipinski definition) is 2. The van der Waals surface area contributed by atoms with E-state index >= 15 is 0 Å². The highest BCUT2D eigenvalue weighted by Gasteiger charge is 2.09. The van der Waals surface area contributed by atoms with Crippen LogP contribution in [0.25, 0.3) is 0 Å². The average Bonchev–Trinajstić information content (AvgIpc) is 2.36. The van der Waals surface area contributed by atoms with Crippen LogP contribution in [0.1, 0.15) is 19.4 Å². The fourth-order valence-corrected chi connectivity index (χ4v) is 2.07. The molecule has 4 nitrogen and oxygen atoms in total. The molecule has 19 heavy (non-hydrogen) atoms. The van der Waals surface area contributed by atoms with Gasteiger partial charge in [-0.3, -0.25) is 4.79 Å². The number of aliphatic hydroxyl groups excluding tert-OH is 1. The van der Waals surface area contributed by atoms with Crippen LogP contribution in [0.3, 0.4) is 0 Å². The first-order valence-electron chi connectivity index (χ1n) is 6.31. The molecular formula is C14H21BrN2O2. The van der Waals surface area contributed by atoms with Gasteiger partial charge in [0.1, 0.15) is 0 Å². The first-order chi connectivity index (χ1) is 8.93. The second-order valence-corrected chi connectivity index (χ2v) is 5.84. The number of carbonyl (C=O) groups is 1. The van der Waals surface area contributed by atoms with Crippen molar-refractivity contribution in [1.29, 1.82) is 0 Å². The van der Waals surface area contributed by atoms with Crippen LogP contribution in [-0.2, 0) is 11.4 Å². The van der Waals surface area contributed by atoms with Crippen LogP contribution >= 0.6 is 15.9 Å². The van der Waals surface area contributed by atoms with Gasteiger partial charge in [0.25, 0.3) is 0 Å². The summed E-state index contributed by atoms with van der Waals surface area (Å²) >= 11 is 3.40. The van der Waals surface area contributed by atoms with Crippen molar-refractivity contribution in [2.45, 2.75) is 20.5 Å². The third-order valence-electron chi connectivity index (χ3n) is 2.74. The maximum Gasteiger partial charge on any atom is 0.239 e. The summed E-state index contributed by atoms with van der Waals surface area (Å²) in [6.45, 7) is 5.14. The van der Waals surface area contributed by atoms with Gasteiger partial charge < -0.3 is 15.3 Å². The average molecular weight is 329 g/mol. The Balaban J connectivity index is 2.60. The summed E-state index contributed by atoms with van der Waals surface area (Å²) in [5.41, 5.74) is 1.77. The molecular weight excluding hydrogens is 308 g/mol. The number of nitrogens with one attached hydrogen (secondary N) is 1. The van der Waals surface area contributed by atoms with E-state index in [1.165, 1.54) is 0 Å². The van der Waals surface area contributed by atoms with E-state index in [9.17, 15) is 4.79 Å². The van der Waals surface area contributed by atoms with E-state index in [4.69, 9.17) is 5.11 Å². The Morgan fingerprint density at radius 3 is 2.68 bits per heavy atom. The highest BCUT2D eigenvalue weighted by atomic mass is 79.9. The quantitative estimate of drug-likeness (QED) is 0.841. The molecule has 0 aliphatic heterocycles. The van der Waals surface area contributed by atoms with Crippen LogP contribution < -0.4 is 10.2 Å². The van der Waals surface area contributed by atoms with Crippen LogP contribution in [0.5, 0.6) is 0 Å². The van der Waals surface area contributed by atoms with Crippen molar-refractivity contribution in [3.8, 4) is 0 Å². The topological polar surface area (TPSA) is 52.6 Å². The summed E-state index contributed by atoms with van der Waals surface area (Å²) in [6, 6.07) is 5.65. The first kappa shape index (κ1) is 16.0. The summed E-state index contributed by atoms with van der Waals surface area (Å²) in [4.78, 5) is 13.6. The number of nitrogens with zero attached hydrogens (tertiary/aromatic N) is 1. The van der Waals surface area contributed by atoms with Gasteiger partial charge in [0.2, 0.25) is 5.91 Å². The number of carbonyl (C=O) groups excluding carboxylic acids is 1. The molecule has 0 radical (unpaired) electrons. The predicted octanol–water partition coefficient (Wildman–Crippen LogP) is 2.15. The molecule has 0 aliphatic rings. The fraction of sp³-hybridized carbons (Fsp3) is 0.500. The van der Waals surface area contributed by atoms with Crippen molar-refractivity contribution in [2.24, 2.45) is 5.92 Å². The molecule has 0 fully saturated rings. The van der Waals surface area contributed by atoms with E-state index in [2.05, 4.69) is 35.1 Å². The third-order valence-corrected chi connectivity index (χ3v) is 3.47. The molecule has 5 heteroatoms. The van der Waals surface area contributed by atoms with Crippen molar-refractivity contribution in [1.82, 2.24) is 5.32 Å². The van der Waals surface area contributed by atoms with E-state index in [1.54, 1.807) is 0 Å². The zero-order chi connectivity index (χ0) is 14.4. The molecule has 0 heterocycles. The Kier molecular flexibility index (Phi) is 6.31. The number of likely N-dealkylation sites (N-methyl/N-ethyl adjacent to an activating group) is 1. The Labute approximate surface area is 122 Å². The van der Waals surface area contributed by atoms with Crippen LogP contribution in [-0.4, -0.2) is 31.2 Å². The fourth-order valence-electron chi connectivity index (χ4n) is 1.58. The Morgan fingerprint density at radius 2 is 2.16 bits per heavy atom. The number of amides is 1. The second kappa shape index (κ2) is 7.50. The normalized spacial score (nSPS) is 10.6. The maximum absolute atomic E-state index is 11.7. The monoisotopic (exact) mass is 328 g/mol. The van der Waals surface area contributed by atoms with Crippen LogP contribution in [0, 0.1) is 5.92 Å². The lowest BCUT2D eigenvalue weighted by Gasteiger charge is -2.20. The van der Waals surface area contributed by atoms with Gasteiger partial charge in [-0.15, -0.1) is 0 Å². The van der Waals surface area contributed by atoms with Gasteiger partial charge in [-0.05, 0) is 23.6 Å². The van der Waals surface area contributed by atoms with E-state index in [-0.39, 0.29) is 12.5 Å². The molecule has 2 N–H and O–H groups in total. The standard InChI is InChI=1S/C14H21BrN2O2/c1-10(2)7-16-14(19)8-17(3)12-5-4-11(9-18)13(15)6-12/h4-6,10,18H,7-9H2,1-3H3,(H,16,19). The van der Waals surface area contributed by atoms with Crippen molar-refractivity contribution < 1.29 is 9.90 Å². The molecule has 1 aromatic rings. The van der Waals surface area contributed by atoms with E-state index in [0.717, 1.165) is 15.7 Å². The van der Waals surface area contributed by atoms with Gasteiger partial charge in [0.05, 0.1) is 13.2 Å². The van der Waals surface area contributed by atoms with E-state index in [1.807, 2.05) is 30.1 Å². The van der Waals surface area contributed by atoms with Gasteiger partial charge in [0, 0.05) is 23.8 Å². The molecule has 0 saturated carbocycles. The predicted molar refractivity (Wildman–Crippen MR) is 81.2 cm³/mol. The molecule has 1 rings (SSSR count). The van der Waals surface area contributed by atoms with E-state index in [0.29, 0.717) is 19.0 Å². The molecule has 1 aromatic carbocycles. The smallest absolute Gasteiger partial charge is 0.239 e. The zero-order valence-corrected chi connectivity index (χ0v) is 13.2. The van der Waals surface area contributed by atoms with Crippen LogP contribution in [0.2, 0.25) is 0 Å². The van der Waals surface area contributed by atoms with Gasteiger partial charge in [-0.1, -0.05) is 35.8 Å². The number of hydrogen-bond acceptors (Lipinski definition) is 3. The molecule has 0 aliphatic carbocycles. The lowest BCUT2D eigenvalue weighted by Crippen LogP contribution is -2.36. The number of anilines is 1. The highest BCUT2D eigenvalue weighted by molar-refractivity contribution is 9.10. The molecule has 0 aromatic heterocycles. The molecule has 0 atom stereocenters. The lowest BCUT2D eigenvalue weighted by molar-refractivity contribution is -0.119. The number of rotatable bonds is 6. The molecule has 1 amide bonds. The SMILES string of the molecule is CC(C)CNC(=O)CN(C)c1ccc(CO)c(Br)c1. The van der Waals surface area contributed by atoms with Crippen LogP contribution in [0.15, 0.2) is 22.7 Å². The summed E-state index contributed by atoms with van der Waals surface area (Å²) in [5, 5.41) is 12.0. The molecule has 0 unspecified atom stereocenters. The largest absolute Gasteiger partial charge is 0.392 e. The third kappa shape index (κ3) is 5.20. The zero-order valence-electron chi connectivity index (χ0n) is 11.6. The highest BCUT2D eigenvalue weighted by Crippen LogP contribution is 2.23. The van der Waals surface area contributed by atoms with E-state index < -0.39 is 0 Å². The van der Waals surface area contributed by atoms with Crippen molar-refractivity contribution in [3.05, 3.63) is 28.2 Å². The lowest BCUT2D eigenvalue weighted by atomic mass is 10.2. The maximum atomic E-state index is 11.7. The van der Waals surface area contributed by atoms with Crippen molar-refractivity contribution in [3.63, 3.8) is 0 Å². The molecule has 0 spiro atoms. The number of benzene rings is 1. The van der Waals surface area contributed by atoms with Gasteiger partial charge in [-0.2, -0.15) is 0 Å². The molecule has 0 saturated heterocycles. The van der Waals surface area contributed by atoms with Crippen LogP contribution in [0.4, 0.5) is 5.69 Å². The van der Waals surface area contributed by atoms with Gasteiger partial charge in [-0.25, -0.2) is 0 Å². The number of aliphatic hydroxyl groups is 1. The Morgan fingerprint density at radius 1 is 1.47 bits per heavy atom. The minimum atomic E-state index is -0.000543. The Hall–Kier alpha value is -1.07. The minimum absolute atomic E-state index is 0.000543. The first-order valence-corrected chi connectivity index (χ1v) is 7.10. The summed E-state index contributed by atoms with van der Waals surface area (Å²) in [5.74, 6) is 0.464.